The molecule has 0 unspecified atom stereocenters. The van der Waals surface area contributed by atoms with E-state index < -0.39 is 16.0 Å². The molecule has 2 aromatic carbocycles. The summed E-state index contributed by atoms with van der Waals surface area (Å²) in [5.41, 5.74) is 2.01. The molecule has 0 radical (unpaired) electrons. The summed E-state index contributed by atoms with van der Waals surface area (Å²) in [6, 6.07) is 13.8. The standard InChI is InChI=1S/C17H19NO4S/c1-13-14(8-6-12-17(19)20)7-5-11-16(13)23(21,22)18-15-9-3-2-4-10-15/h2-5,7,9-11,18H,6,8,12H2,1H3,(H,19,20). The van der Waals surface area contributed by atoms with Crippen LogP contribution >= 0.6 is 0 Å². The van der Waals surface area contributed by atoms with Gasteiger partial charge in [-0.1, -0.05) is 30.3 Å². The second kappa shape index (κ2) is 7.28. The maximum Gasteiger partial charge on any atom is 0.303 e. The van der Waals surface area contributed by atoms with E-state index in [9.17, 15) is 13.2 Å². The highest BCUT2D eigenvalue weighted by Crippen LogP contribution is 2.23. The number of carbonyl (C=O) groups is 1. The zero-order chi connectivity index (χ0) is 16.9. The smallest absolute Gasteiger partial charge is 0.303 e. The number of hydrogen-bond acceptors (Lipinski definition) is 3. The Morgan fingerprint density at radius 1 is 1.09 bits per heavy atom. The van der Waals surface area contributed by atoms with Crippen LogP contribution in [0.15, 0.2) is 53.4 Å². The fourth-order valence-electron chi connectivity index (χ4n) is 2.37. The zero-order valence-corrected chi connectivity index (χ0v) is 13.6. The van der Waals surface area contributed by atoms with Gasteiger partial charge in [-0.05, 0) is 49.1 Å². The molecule has 6 heteroatoms. The van der Waals surface area contributed by atoms with E-state index in [-0.39, 0.29) is 11.3 Å². The molecule has 0 aliphatic rings. The van der Waals surface area contributed by atoms with E-state index in [2.05, 4.69) is 4.72 Å². The van der Waals surface area contributed by atoms with Crippen molar-refractivity contribution < 1.29 is 18.3 Å². The van der Waals surface area contributed by atoms with Gasteiger partial charge >= 0.3 is 5.97 Å². The van der Waals surface area contributed by atoms with E-state index in [4.69, 9.17) is 5.11 Å². The maximum absolute atomic E-state index is 12.6. The molecule has 0 saturated heterocycles. The SMILES string of the molecule is Cc1c(CCCC(=O)O)cccc1S(=O)(=O)Nc1ccccc1. The van der Waals surface area contributed by atoms with Gasteiger partial charge in [0.2, 0.25) is 0 Å². The number of hydrogen-bond donors (Lipinski definition) is 2. The minimum atomic E-state index is -3.67. The third-order valence-electron chi connectivity index (χ3n) is 3.55. The first-order chi connectivity index (χ1) is 10.9. The average molecular weight is 333 g/mol. The highest BCUT2D eigenvalue weighted by atomic mass is 32.2. The lowest BCUT2D eigenvalue weighted by atomic mass is 10.0. The minimum absolute atomic E-state index is 0.0681. The summed E-state index contributed by atoms with van der Waals surface area (Å²) in [5, 5.41) is 8.70. The fourth-order valence-corrected chi connectivity index (χ4v) is 3.72. The van der Waals surface area contributed by atoms with Crippen molar-refractivity contribution in [3.8, 4) is 0 Å². The van der Waals surface area contributed by atoms with Gasteiger partial charge in [-0.15, -0.1) is 0 Å². The molecule has 0 fully saturated rings. The Hall–Kier alpha value is -2.34. The third kappa shape index (κ3) is 4.56. The van der Waals surface area contributed by atoms with Crippen LogP contribution in [-0.2, 0) is 21.2 Å². The summed E-state index contributed by atoms with van der Waals surface area (Å²) in [6.07, 6.45) is 1.08. The molecular formula is C17H19NO4S. The molecule has 23 heavy (non-hydrogen) atoms. The molecular weight excluding hydrogens is 314 g/mol. The van der Waals surface area contributed by atoms with Crippen LogP contribution in [0.1, 0.15) is 24.0 Å². The largest absolute Gasteiger partial charge is 0.481 e. The first-order valence-corrected chi connectivity index (χ1v) is 8.76. The summed E-state index contributed by atoms with van der Waals surface area (Å²) in [6.45, 7) is 1.75. The van der Waals surface area contributed by atoms with Crippen molar-refractivity contribution >= 4 is 21.7 Å². The molecule has 0 aromatic heterocycles. The molecule has 0 aliphatic carbocycles. The predicted molar refractivity (Wildman–Crippen MR) is 89.0 cm³/mol. The maximum atomic E-state index is 12.6. The fraction of sp³-hybridized carbons (Fsp3) is 0.235. The van der Waals surface area contributed by atoms with E-state index in [0.29, 0.717) is 24.1 Å². The Labute approximate surface area is 136 Å². The number of carboxylic acids is 1. The van der Waals surface area contributed by atoms with Crippen LogP contribution < -0.4 is 4.72 Å². The second-order valence-corrected chi connectivity index (χ2v) is 6.91. The number of aliphatic carboxylic acids is 1. The monoisotopic (exact) mass is 333 g/mol. The minimum Gasteiger partial charge on any atom is -0.481 e. The number of carboxylic acid groups (broad SMARTS) is 1. The van der Waals surface area contributed by atoms with Crippen molar-refractivity contribution in [3.63, 3.8) is 0 Å². The molecule has 0 saturated carbocycles. The molecule has 0 bridgehead atoms. The Morgan fingerprint density at radius 2 is 1.78 bits per heavy atom. The van der Waals surface area contributed by atoms with Gasteiger partial charge in [0.05, 0.1) is 4.90 Å². The van der Waals surface area contributed by atoms with Crippen LogP contribution in [0.2, 0.25) is 0 Å². The zero-order valence-electron chi connectivity index (χ0n) is 12.8. The van der Waals surface area contributed by atoms with Crippen LogP contribution in [0.5, 0.6) is 0 Å². The molecule has 0 aliphatic heterocycles. The number of nitrogens with one attached hydrogen (secondary N) is 1. The number of rotatable bonds is 7. The Balaban J connectivity index is 2.23. The highest BCUT2D eigenvalue weighted by Gasteiger charge is 2.18. The van der Waals surface area contributed by atoms with Gasteiger partial charge in [-0.25, -0.2) is 8.42 Å². The molecule has 0 spiro atoms. The van der Waals surface area contributed by atoms with Crippen LogP contribution in [0.4, 0.5) is 5.69 Å². The summed E-state index contributed by atoms with van der Waals surface area (Å²) in [4.78, 5) is 10.8. The van der Waals surface area contributed by atoms with Gasteiger partial charge in [-0.3, -0.25) is 9.52 Å². The van der Waals surface area contributed by atoms with Crippen molar-refractivity contribution in [1.29, 1.82) is 0 Å². The lowest BCUT2D eigenvalue weighted by molar-refractivity contribution is -0.137. The van der Waals surface area contributed by atoms with Crippen LogP contribution in [-0.4, -0.2) is 19.5 Å². The number of benzene rings is 2. The number of anilines is 1. The molecule has 2 N–H and O–H groups in total. The van der Waals surface area contributed by atoms with Gasteiger partial charge in [0.1, 0.15) is 0 Å². The molecule has 0 atom stereocenters. The molecule has 5 nitrogen and oxygen atoms in total. The first kappa shape index (κ1) is 17.0. The third-order valence-corrected chi connectivity index (χ3v) is 5.07. The van der Waals surface area contributed by atoms with Crippen LogP contribution in [0.25, 0.3) is 0 Å². The molecule has 2 rings (SSSR count). The van der Waals surface area contributed by atoms with Crippen LogP contribution in [0.3, 0.4) is 0 Å². The van der Waals surface area contributed by atoms with E-state index in [0.717, 1.165) is 5.56 Å². The molecule has 0 heterocycles. The van der Waals surface area contributed by atoms with Gasteiger partial charge in [0.15, 0.2) is 0 Å². The quantitative estimate of drug-likeness (QED) is 0.815. The lowest BCUT2D eigenvalue weighted by Gasteiger charge is -2.13. The second-order valence-electron chi connectivity index (χ2n) is 5.26. The molecule has 122 valence electrons. The lowest BCUT2D eigenvalue weighted by Crippen LogP contribution is -2.15. The first-order valence-electron chi connectivity index (χ1n) is 7.28. The van der Waals surface area contributed by atoms with E-state index in [1.54, 1.807) is 43.3 Å². The summed E-state index contributed by atoms with van der Waals surface area (Å²) >= 11 is 0. The average Bonchev–Trinajstić information content (AvgIpc) is 2.49. The van der Waals surface area contributed by atoms with Crippen molar-refractivity contribution in [2.75, 3.05) is 4.72 Å². The number of aryl methyl sites for hydroxylation is 1. The van der Waals surface area contributed by atoms with Gasteiger partial charge in [-0.2, -0.15) is 0 Å². The van der Waals surface area contributed by atoms with E-state index in [1.165, 1.54) is 0 Å². The number of sulfonamides is 1. The van der Waals surface area contributed by atoms with Crippen molar-refractivity contribution in [2.45, 2.75) is 31.1 Å². The van der Waals surface area contributed by atoms with Crippen molar-refractivity contribution in [2.24, 2.45) is 0 Å². The summed E-state index contributed by atoms with van der Waals surface area (Å²) in [7, 11) is -3.67. The van der Waals surface area contributed by atoms with Crippen molar-refractivity contribution in [3.05, 3.63) is 59.7 Å². The summed E-state index contributed by atoms with van der Waals surface area (Å²) < 4.78 is 27.7. The van der Waals surface area contributed by atoms with Gasteiger partial charge < -0.3 is 5.11 Å². The summed E-state index contributed by atoms with van der Waals surface area (Å²) in [5.74, 6) is -0.850. The normalized spacial score (nSPS) is 11.2. The highest BCUT2D eigenvalue weighted by molar-refractivity contribution is 7.92. The topological polar surface area (TPSA) is 83.5 Å². The molecule has 2 aromatic rings. The van der Waals surface area contributed by atoms with Crippen molar-refractivity contribution in [1.82, 2.24) is 0 Å². The van der Waals surface area contributed by atoms with Gasteiger partial charge in [0.25, 0.3) is 10.0 Å². The van der Waals surface area contributed by atoms with Crippen LogP contribution in [0, 0.1) is 6.92 Å². The predicted octanol–water partition coefficient (Wildman–Crippen LogP) is 3.20. The Bertz CT molecular complexity index is 785. The van der Waals surface area contributed by atoms with Gasteiger partial charge in [0, 0.05) is 12.1 Å². The van der Waals surface area contributed by atoms with E-state index >= 15 is 0 Å². The Morgan fingerprint density at radius 3 is 2.43 bits per heavy atom. The Kier molecular flexibility index (Phi) is 5.39. The number of para-hydroxylation sites is 1. The van der Waals surface area contributed by atoms with E-state index in [1.807, 2.05) is 12.1 Å². The molecule has 0 amide bonds.